The number of imide groups is 1. The topological polar surface area (TPSA) is 92.8 Å². The van der Waals surface area contributed by atoms with Crippen LogP contribution in [0.5, 0.6) is 0 Å². The van der Waals surface area contributed by atoms with E-state index < -0.39 is 47.7 Å². The lowest BCUT2D eigenvalue weighted by Crippen LogP contribution is -2.46. The number of carbonyl (C=O) groups excluding carboxylic acids is 4. The van der Waals surface area contributed by atoms with Gasteiger partial charge >= 0.3 is 12.0 Å². The summed E-state index contributed by atoms with van der Waals surface area (Å²) in [5.41, 5.74) is -0.782. The van der Waals surface area contributed by atoms with E-state index >= 15 is 0 Å². The molecular weight excluding hydrogens is 343 g/mol. The summed E-state index contributed by atoms with van der Waals surface area (Å²) >= 11 is 0. The average Bonchev–Trinajstić information content (AvgIpc) is 3.41. The van der Waals surface area contributed by atoms with Crippen molar-refractivity contribution in [2.75, 3.05) is 6.54 Å². The van der Waals surface area contributed by atoms with Crippen LogP contribution in [0.1, 0.15) is 37.0 Å². The third-order valence-corrected chi connectivity index (χ3v) is 4.79. The van der Waals surface area contributed by atoms with Crippen LogP contribution in [0.4, 0.5) is 9.18 Å². The minimum atomic E-state index is -1.12. The Morgan fingerprint density at radius 2 is 1.92 bits per heavy atom. The molecule has 0 spiro atoms. The zero-order chi connectivity index (χ0) is 19.1. The van der Waals surface area contributed by atoms with Crippen molar-refractivity contribution in [1.82, 2.24) is 10.2 Å². The van der Waals surface area contributed by atoms with Crippen LogP contribution in [0, 0.1) is 11.7 Å². The van der Waals surface area contributed by atoms with Gasteiger partial charge in [0.1, 0.15) is 17.9 Å². The first-order valence-corrected chi connectivity index (χ1v) is 8.35. The average molecular weight is 362 g/mol. The lowest BCUT2D eigenvalue weighted by molar-refractivity contribution is -0.150. The largest absolute Gasteiger partial charge is 0.453 e. The Hall–Kier alpha value is -2.77. The van der Waals surface area contributed by atoms with Crippen molar-refractivity contribution in [2.45, 2.75) is 38.3 Å². The van der Waals surface area contributed by atoms with Crippen molar-refractivity contribution in [3.8, 4) is 0 Å². The zero-order valence-corrected chi connectivity index (χ0v) is 14.5. The third kappa shape index (κ3) is 3.31. The molecule has 7 nitrogen and oxygen atoms in total. The third-order valence-electron chi connectivity index (χ3n) is 4.79. The van der Waals surface area contributed by atoms with Gasteiger partial charge in [-0.3, -0.25) is 19.3 Å². The first kappa shape index (κ1) is 18.0. The number of Topliss-reactive ketones (excluding diaryl/α,β-unsaturated/α-hetero) is 1. The molecule has 2 atom stereocenters. The molecule has 1 heterocycles. The van der Waals surface area contributed by atoms with Gasteiger partial charge in [0.05, 0.1) is 0 Å². The second-order valence-electron chi connectivity index (χ2n) is 6.80. The maximum atomic E-state index is 12.9. The van der Waals surface area contributed by atoms with Gasteiger partial charge in [-0.25, -0.2) is 9.18 Å². The van der Waals surface area contributed by atoms with Crippen molar-refractivity contribution in [1.29, 1.82) is 0 Å². The molecule has 0 bridgehead atoms. The number of esters is 1. The molecule has 3 rings (SSSR count). The van der Waals surface area contributed by atoms with Crippen LogP contribution >= 0.6 is 0 Å². The molecule has 1 aromatic rings. The molecule has 1 aliphatic carbocycles. The SMILES string of the molecule is C[C@H](OC(=O)CN1C(=O)N[C@](C)(C2CC2)C1=O)C(=O)c1ccc(F)cc1. The number of rotatable bonds is 6. The van der Waals surface area contributed by atoms with Crippen LogP contribution in [-0.2, 0) is 14.3 Å². The molecule has 2 aliphatic rings. The minimum Gasteiger partial charge on any atom is -0.453 e. The smallest absolute Gasteiger partial charge is 0.326 e. The summed E-state index contributed by atoms with van der Waals surface area (Å²) in [6.07, 6.45) is 0.581. The van der Waals surface area contributed by atoms with Gasteiger partial charge in [0.25, 0.3) is 5.91 Å². The van der Waals surface area contributed by atoms with Crippen LogP contribution in [0.15, 0.2) is 24.3 Å². The van der Waals surface area contributed by atoms with Crippen molar-refractivity contribution < 1.29 is 28.3 Å². The molecule has 1 N–H and O–H groups in total. The summed E-state index contributed by atoms with van der Waals surface area (Å²) < 4.78 is 18.0. The van der Waals surface area contributed by atoms with E-state index in [-0.39, 0.29) is 11.5 Å². The van der Waals surface area contributed by atoms with Gasteiger partial charge in [0.15, 0.2) is 6.10 Å². The predicted octanol–water partition coefficient (Wildman–Crippen LogP) is 1.66. The number of halogens is 1. The van der Waals surface area contributed by atoms with E-state index in [4.69, 9.17) is 4.74 Å². The fourth-order valence-corrected chi connectivity index (χ4v) is 3.06. The van der Waals surface area contributed by atoms with E-state index in [1.807, 2.05) is 0 Å². The summed E-state index contributed by atoms with van der Waals surface area (Å²) in [4.78, 5) is 49.6. The number of urea groups is 1. The summed E-state index contributed by atoms with van der Waals surface area (Å²) in [6, 6.07) is 4.21. The maximum Gasteiger partial charge on any atom is 0.326 e. The molecule has 0 unspecified atom stereocenters. The van der Waals surface area contributed by atoms with Crippen molar-refractivity contribution in [3.63, 3.8) is 0 Å². The molecule has 0 aromatic heterocycles. The van der Waals surface area contributed by atoms with Gasteiger partial charge in [-0.2, -0.15) is 0 Å². The monoisotopic (exact) mass is 362 g/mol. The second kappa shape index (κ2) is 6.51. The predicted molar refractivity (Wildman–Crippen MR) is 87.7 cm³/mol. The molecule has 8 heteroatoms. The highest BCUT2D eigenvalue weighted by Gasteiger charge is 2.56. The van der Waals surface area contributed by atoms with Gasteiger partial charge in [-0.15, -0.1) is 0 Å². The quantitative estimate of drug-likeness (QED) is 0.472. The minimum absolute atomic E-state index is 0.0824. The number of hydrogen-bond donors (Lipinski definition) is 1. The van der Waals surface area contributed by atoms with Crippen LogP contribution < -0.4 is 5.32 Å². The maximum absolute atomic E-state index is 12.9. The normalized spacial score (nSPS) is 23.6. The number of ketones is 1. The summed E-state index contributed by atoms with van der Waals surface area (Å²) in [5, 5.41) is 2.63. The highest BCUT2D eigenvalue weighted by atomic mass is 19.1. The first-order valence-electron chi connectivity index (χ1n) is 8.35. The van der Waals surface area contributed by atoms with Crippen molar-refractivity contribution >= 4 is 23.7 Å². The van der Waals surface area contributed by atoms with Crippen LogP contribution in [-0.4, -0.2) is 46.8 Å². The number of ether oxygens (including phenoxy) is 1. The molecule has 3 amide bonds. The van der Waals surface area contributed by atoms with E-state index in [1.165, 1.54) is 19.1 Å². The number of nitrogens with zero attached hydrogens (tertiary/aromatic N) is 1. The fourth-order valence-electron chi connectivity index (χ4n) is 3.06. The van der Waals surface area contributed by atoms with Gasteiger partial charge in [0.2, 0.25) is 5.78 Å². The Labute approximate surface area is 149 Å². The Bertz CT molecular complexity index is 774. The number of nitrogens with one attached hydrogen (secondary N) is 1. The number of benzene rings is 1. The Morgan fingerprint density at radius 3 is 2.50 bits per heavy atom. The number of carbonyl (C=O) groups is 4. The lowest BCUT2D eigenvalue weighted by Gasteiger charge is -2.21. The standard InChI is InChI=1S/C18H19FN2O5/c1-10(15(23)11-3-7-13(19)8-4-11)26-14(22)9-21-16(24)18(2,12-5-6-12)20-17(21)25/h3-4,7-8,10,12H,5-6,9H2,1-2H3,(H,20,25)/t10-,18+/m0/s1. The van der Waals surface area contributed by atoms with E-state index in [0.29, 0.717) is 0 Å². The van der Waals surface area contributed by atoms with Crippen LogP contribution in [0.3, 0.4) is 0 Å². The molecule has 2 fully saturated rings. The summed E-state index contributed by atoms with van der Waals surface area (Å²) in [6.45, 7) is 2.47. The summed E-state index contributed by atoms with van der Waals surface area (Å²) in [7, 11) is 0. The van der Waals surface area contributed by atoms with Gasteiger partial charge < -0.3 is 10.1 Å². The highest BCUT2D eigenvalue weighted by Crippen LogP contribution is 2.42. The zero-order valence-electron chi connectivity index (χ0n) is 14.5. The van der Waals surface area contributed by atoms with E-state index in [1.54, 1.807) is 6.92 Å². The Balaban J connectivity index is 1.60. The number of amides is 3. The molecule has 26 heavy (non-hydrogen) atoms. The van der Waals surface area contributed by atoms with Gasteiger partial charge in [-0.1, -0.05) is 0 Å². The molecule has 138 valence electrons. The van der Waals surface area contributed by atoms with Gasteiger partial charge in [0, 0.05) is 5.56 Å². The molecule has 1 saturated carbocycles. The fraction of sp³-hybridized carbons (Fsp3) is 0.444. The molecule has 1 saturated heterocycles. The van der Waals surface area contributed by atoms with Crippen molar-refractivity contribution in [2.24, 2.45) is 5.92 Å². The van der Waals surface area contributed by atoms with Crippen molar-refractivity contribution in [3.05, 3.63) is 35.6 Å². The van der Waals surface area contributed by atoms with Crippen LogP contribution in [0.2, 0.25) is 0 Å². The summed E-state index contributed by atoms with van der Waals surface area (Å²) in [5.74, 6) is -2.23. The molecule has 1 aliphatic heterocycles. The van der Waals surface area contributed by atoms with E-state index in [2.05, 4.69) is 5.32 Å². The second-order valence-corrected chi connectivity index (χ2v) is 6.80. The van der Waals surface area contributed by atoms with E-state index in [9.17, 15) is 23.6 Å². The lowest BCUT2D eigenvalue weighted by atomic mass is 9.96. The highest BCUT2D eigenvalue weighted by molar-refractivity contribution is 6.09. The Kier molecular flexibility index (Phi) is 4.52. The molecule has 1 aromatic carbocycles. The first-order chi connectivity index (χ1) is 12.2. The number of hydrogen-bond acceptors (Lipinski definition) is 5. The Morgan fingerprint density at radius 1 is 1.31 bits per heavy atom. The molecule has 0 radical (unpaired) electrons. The van der Waals surface area contributed by atoms with E-state index in [0.717, 1.165) is 29.9 Å². The molecular formula is C18H19FN2O5. The van der Waals surface area contributed by atoms with Crippen LogP contribution in [0.25, 0.3) is 0 Å². The van der Waals surface area contributed by atoms with Gasteiger partial charge in [-0.05, 0) is 56.9 Å².